The molecule has 1 unspecified atom stereocenters. The Bertz CT molecular complexity index is 602. The highest BCUT2D eigenvalue weighted by Gasteiger charge is 2.26. The van der Waals surface area contributed by atoms with Gasteiger partial charge in [0.25, 0.3) is 0 Å². The van der Waals surface area contributed by atoms with E-state index < -0.39 is 17.2 Å². The van der Waals surface area contributed by atoms with Gasteiger partial charge < -0.3 is 5.11 Å². The van der Waals surface area contributed by atoms with Crippen molar-refractivity contribution in [2.75, 3.05) is 0 Å². The quantitative estimate of drug-likeness (QED) is 0.936. The first-order chi connectivity index (χ1) is 8.88. The molecule has 0 saturated heterocycles. The van der Waals surface area contributed by atoms with Gasteiger partial charge in [-0.1, -0.05) is 11.6 Å². The molecule has 0 aliphatic heterocycles. The van der Waals surface area contributed by atoms with Crippen LogP contribution in [-0.2, 0) is 12.0 Å². The molecule has 0 aliphatic carbocycles. The van der Waals surface area contributed by atoms with Crippen molar-refractivity contribution in [3.05, 3.63) is 64.4 Å². The number of rotatable bonds is 3. The molecule has 5 heteroatoms. The molecular formula is C14H12ClF2NO. The first-order valence-corrected chi connectivity index (χ1v) is 6.03. The second-order valence-corrected chi connectivity index (χ2v) is 5.01. The molecule has 0 amide bonds. The summed E-state index contributed by atoms with van der Waals surface area (Å²) < 4.78 is 26.7. The average Bonchev–Trinajstić information content (AvgIpc) is 2.33. The van der Waals surface area contributed by atoms with Crippen LogP contribution in [-0.4, -0.2) is 10.1 Å². The molecule has 1 N–H and O–H groups in total. The molecule has 2 nitrogen and oxygen atoms in total. The maximum absolute atomic E-state index is 13.6. The Morgan fingerprint density at radius 3 is 2.68 bits per heavy atom. The van der Waals surface area contributed by atoms with Crippen molar-refractivity contribution in [3.8, 4) is 0 Å². The Labute approximate surface area is 114 Å². The summed E-state index contributed by atoms with van der Waals surface area (Å²) in [7, 11) is 0. The van der Waals surface area contributed by atoms with E-state index in [1.165, 1.54) is 37.4 Å². The summed E-state index contributed by atoms with van der Waals surface area (Å²) in [6.07, 6.45) is 2.37. The molecule has 2 aromatic rings. The molecule has 2 rings (SSSR count). The molecule has 1 aromatic carbocycles. The van der Waals surface area contributed by atoms with E-state index >= 15 is 0 Å². The van der Waals surface area contributed by atoms with Gasteiger partial charge in [-0.3, -0.25) is 4.98 Å². The van der Waals surface area contributed by atoms with Crippen molar-refractivity contribution < 1.29 is 13.9 Å². The van der Waals surface area contributed by atoms with Gasteiger partial charge in [-0.25, -0.2) is 8.78 Å². The van der Waals surface area contributed by atoms with E-state index in [0.29, 0.717) is 5.02 Å². The summed E-state index contributed by atoms with van der Waals surface area (Å²) >= 11 is 5.80. The highest BCUT2D eigenvalue weighted by molar-refractivity contribution is 6.30. The molecule has 1 heterocycles. The van der Waals surface area contributed by atoms with Gasteiger partial charge in [-0.15, -0.1) is 0 Å². The van der Waals surface area contributed by atoms with Crippen LogP contribution >= 0.6 is 11.6 Å². The molecule has 0 saturated carbocycles. The number of benzene rings is 1. The van der Waals surface area contributed by atoms with E-state index in [1.54, 1.807) is 0 Å². The zero-order valence-electron chi connectivity index (χ0n) is 10.2. The van der Waals surface area contributed by atoms with Crippen LogP contribution in [0.3, 0.4) is 0 Å². The lowest BCUT2D eigenvalue weighted by molar-refractivity contribution is 0.0560. The molecule has 1 aromatic heterocycles. The standard InChI is InChI=1S/C14H12ClF2NO/c1-14(19,10-5-12(16)8-18-7-10)6-9-4-11(15)2-3-13(9)17/h2-5,7-8,19H,6H2,1H3. The zero-order valence-corrected chi connectivity index (χ0v) is 11.0. The van der Waals surface area contributed by atoms with Crippen LogP contribution in [0.15, 0.2) is 36.7 Å². The fraction of sp³-hybridized carbons (Fsp3) is 0.214. The highest BCUT2D eigenvalue weighted by atomic mass is 35.5. The van der Waals surface area contributed by atoms with E-state index in [9.17, 15) is 13.9 Å². The summed E-state index contributed by atoms with van der Waals surface area (Å²) in [4.78, 5) is 3.68. The number of pyridine rings is 1. The number of hydrogen-bond donors (Lipinski definition) is 1. The van der Waals surface area contributed by atoms with E-state index in [0.717, 1.165) is 6.20 Å². The van der Waals surface area contributed by atoms with Crippen LogP contribution in [0.2, 0.25) is 5.02 Å². The van der Waals surface area contributed by atoms with Crippen LogP contribution in [0, 0.1) is 11.6 Å². The minimum Gasteiger partial charge on any atom is -0.385 e. The van der Waals surface area contributed by atoms with E-state index in [-0.39, 0.29) is 17.5 Å². The normalized spacial score (nSPS) is 14.2. The van der Waals surface area contributed by atoms with Gasteiger partial charge in [0, 0.05) is 23.2 Å². The fourth-order valence-corrected chi connectivity index (χ4v) is 2.05. The molecule has 0 bridgehead atoms. The lowest BCUT2D eigenvalue weighted by Gasteiger charge is -2.24. The molecule has 100 valence electrons. The van der Waals surface area contributed by atoms with E-state index in [2.05, 4.69) is 4.98 Å². The minimum atomic E-state index is -1.43. The van der Waals surface area contributed by atoms with Gasteiger partial charge >= 0.3 is 0 Å². The van der Waals surface area contributed by atoms with Gasteiger partial charge in [0.15, 0.2) is 0 Å². The molecule has 0 spiro atoms. The molecule has 1 atom stereocenters. The Morgan fingerprint density at radius 1 is 1.26 bits per heavy atom. The molecular weight excluding hydrogens is 272 g/mol. The predicted octanol–water partition coefficient (Wildman–Crippen LogP) is 3.46. The van der Waals surface area contributed by atoms with Crippen molar-refractivity contribution in [2.24, 2.45) is 0 Å². The van der Waals surface area contributed by atoms with Gasteiger partial charge in [0.1, 0.15) is 11.6 Å². The maximum atomic E-state index is 13.6. The number of hydrogen-bond acceptors (Lipinski definition) is 2. The predicted molar refractivity (Wildman–Crippen MR) is 68.9 cm³/mol. The largest absolute Gasteiger partial charge is 0.385 e. The third-order valence-electron chi connectivity index (χ3n) is 2.87. The molecule has 0 aliphatic rings. The summed E-state index contributed by atoms with van der Waals surface area (Å²) in [5, 5.41) is 10.7. The van der Waals surface area contributed by atoms with Gasteiger partial charge in [-0.05, 0) is 36.8 Å². The Kier molecular flexibility index (Phi) is 3.83. The van der Waals surface area contributed by atoms with Crippen molar-refractivity contribution in [1.82, 2.24) is 4.98 Å². The average molecular weight is 284 g/mol. The van der Waals surface area contributed by atoms with Gasteiger partial charge in [0.05, 0.1) is 11.8 Å². The van der Waals surface area contributed by atoms with Crippen molar-refractivity contribution in [1.29, 1.82) is 0 Å². The van der Waals surface area contributed by atoms with E-state index in [4.69, 9.17) is 11.6 Å². The van der Waals surface area contributed by atoms with Crippen LogP contribution in [0.1, 0.15) is 18.1 Å². The highest BCUT2D eigenvalue weighted by Crippen LogP contribution is 2.27. The summed E-state index contributed by atoms with van der Waals surface area (Å²) in [6, 6.07) is 5.28. The van der Waals surface area contributed by atoms with Crippen LogP contribution in [0.5, 0.6) is 0 Å². The summed E-state index contributed by atoms with van der Waals surface area (Å²) in [5.74, 6) is -1.02. The van der Waals surface area contributed by atoms with Crippen molar-refractivity contribution >= 4 is 11.6 Å². The van der Waals surface area contributed by atoms with Crippen LogP contribution in [0.4, 0.5) is 8.78 Å². The number of aliphatic hydroxyl groups is 1. The monoisotopic (exact) mass is 283 g/mol. The van der Waals surface area contributed by atoms with Gasteiger partial charge in [-0.2, -0.15) is 0 Å². The maximum Gasteiger partial charge on any atom is 0.141 e. The number of aromatic nitrogens is 1. The van der Waals surface area contributed by atoms with Crippen LogP contribution in [0.25, 0.3) is 0 Å². The fourth-order valence-electron chi connectivity index (χ4n) is 1.86. The smallest absolute Gasteiger partial charge is 0.141 e. The summed E-state index contributed by atoms with van der Waals surface area (Å²) in [6.45, 7) is 1.48. The second kappa shape index (κ2) is 5.23. The Morgan fingerprint density at radius 2 is 2.00 bits per heavy atom. The lowest BCUT2D eigenvalue weighted by Crippen LogP contribution is -2.25. The van der Waals surface area contributed by atoms with Crippen molar-refractivity contribution in [3.63, 3.8) is 0 Å². The summed E-state index contributed by atoms with van der Waals surface area (Å²) in [5.41, 5.74) is -0.880. The third kappa shape index (κ3) is 3.28. The first kappa shape index (κ1) is 13.9. The number of nitrogens with zero attached hydrogens (tertiary/aromatic N) is 1. The minimum absolute atomic E-state index is 0.0233. The molecule has 0 fully saturated rings. The van der Waals surface area contributed by atoms with Crippen molar-refractivity contribution in [2.45, 2.75) is 18.9 Å². The molecule has 0 radical (unpaired) electrons. The van der Waals surface area contributed by atoms with E-state index in [1.807, 2.05) is 0 Å². The van der Waals surface area contributed by atoms with Gasteiger partial charge in [0.2, 0.25) is 0 Å². The number of halogens is 3. The third-order valence-corrected chi connectivity index (χ3v) is 3.10. The zero-order chi connectivity index (χ0) is 14.0. The first-order valence-electron chi connectivity index (χ1n) is 5.66. The lowest BCUT2D eigenvalue weighted by atomic mass is 9.90. The SMILES string of the molecule is CC(O)(Cc1cc(Cl)ccc1F)c1cncc(F)c1. The molecule has 19 heavy (non-hydrogen) atoms. The topological polar surface area (TPSA) is 33.1 Å². The Hall–Kier alpha value is -1.52. The van der Waals surface area contributed by atoms with Crippen LogP contribution < -0.4 is 0 Å². The Balaban J connectivity index is 2.33. The second-order valence-electron chi connectivity index (χ2n) is 4.58.